The van der Waals surface area contributed by atoms with E-state index in [2.05, 4.69) is 20.9 Å². The molecule has 7 nitrogen and oxygen atoms in total. The average Bonchev–Trinajstić information content (AvgIpc) is 2.90. The largest absolute Gasteiger partial charge is 0.357 e. The molecule has 27 heavy (non-hydrogen) atoms. The number of sulfone groups is 1. The van der Waals surface area contributed by atoms with Crippen LogP contribution >= 0.6 is 24.0 Å². The van der Waals surface area contributed by atoms with E-state index in [0.29, 0.717) is 37.6 Å². The number of aliphatic imine (C=N–C) groups is 1. The number of guanidine groups is 1. The molecule has 1 aromatic rings. The Kier molecular flexibility index (Phi) is 9.99. The van der Waals surface area contributed by atoms with Gasteiger partial charge < -0.3 is 16.0 Å². The van der Waals surface area contributed by atoms with Gasteiger partial charge in [0.25, 0.3) is 0 Å². The molecule has 0 aliphatic carbocycles. The van der Waals surface area contributed by atoms with Crippen molar-refractivity contribution < 1.29 is 17.6 Å². The first-order valence-corrected chi connectivity index (χ1v) is 10.5. The van der Waals surface area contributed by atoms with Gasteiger partial charge in [-0.15, -0.1) is 24.0 Å². The number of amides is 1. The Morgan fingerprint density at radius 3 is 2.74 bits per heavy atom. The quantitative estimate of drug-likeness (QED) is 0.218. The molecule has 0 bridgehead atoms. The number of hydrogen-bond acceptors (Lipinski definition) is 4. The Bertz CT molecular complexity index is 758. The Hall–Kier alpha value is -1.43. The zero-order chi connectivity index (χ0) is 19.0. The van der Waals surface area contributed by atoms with Gasteiger partial charge in [0.05, 0.1) is 24.5 Å². The van der Waals surface area contributed by atoms with E-state index in [1.165, 1.54) is 12.1 Å². The number of nitrogens with one attached hydrogen (secondary N) is 3. The topological polar surface area (TPSA) is 99.7 Å². The van der Waals surface area contributed by atoms with E-state index in [9.17, 15) is 17.6 Å². The summed E-state index contributed by atoms with van der Waals surface area (Å²) in [6.45, 7) is 3.26. The number of rotatable bonds is 7. The van der Waals surface area contributed by atoms with E-state index < -0.39 is 9.84 Å². The van der Waals surface area contributed by atoms with Gasteiger partial charge in [-0.3, -0.25) is 9.79 Å². The molecule has 152 valence electrons. The molecule has 1 heterocycles. The van der Waals surface area contributed by atoms with E-state index in [4.69, 9.17) is 0 Å². The lowest BCUT2D eigenvalue weighted by molar-refractivity contribution is -0.120. The third kappa shape index (κ3) is 8.87. The smallest absolute Gasteiger partial charge is 0.224 e. The van der Waals surface area contributed by atoms with Gasteiger partial charge in [-0.25, -0.2) is 12.8 Å². The molecular formula is C17H26FIN4O3S. The van der Waals surface area contributed by atoms with Gasteiger partial charge in [-0.05, 0) is 31.0 Å². The summed E-state index contributed by atoms with van der Waals surface area (Å²) in [7, 11) is -2.95. The van der Waals surface area contributed by atoms with Crippen LogP contribution in [0.1, 0.15) is 18.9 Å². The first-order valence-electron chi connectivity index (χ1n) is 8.64. The molecule has 0 radical (unpaired) electrons. The number of hydrogen-bond donors (Lipinski definition) is 3. The third-order valence-electron chi connectivity index (χ3n) is 3.88. The number of carbonyl (C=O) groups excluding carboxylic acids is 1. The normalized spacial score (nSPS) is 18.4. The summed E-state index contributed by atoms with van der Waals surface area (Å²) in [5.41, 5.74) is 0.614. The molecule has 2 rings (SSSR count). The zero-order valence-corrected chi connectivity index (χ0v) is 18.3. The molecule has 1 aliphatic rings. The molecule has 3 N–H and O–H groups in total. The fourth-order valence-corrected chi connectivity index (χ4v) is 4.35. The maximum absolute atomic E-state index is 13.1. The number of nitrogens with zero attached hydrogens (tertiary/aromatic N) is 1. The monoisotopic (exact) mass is 512 g/mol. The summed E-state index contributed by atoms with van der Waals surface area (Å²) >= 11 is 0. The second-order valence-corrected chi connectivity index (χ2v) is 8.39. The molecule has 1 aromatic carbocycles. The van der Waals surface area contributed by atoms with Crippen LogP contribution in [0.2, 0.25) is 0 Å². The molecule has 10 heteroatoms. The summed E-state index contributed by atoms with van der Waals surface area (Å²) in [5, 5.41) is 8.91. The second kappa shape index (κ2) is 11.4. The van der Waals surface area contributed by atoms with Gasteiger partial charge in [-0.1, -0.05) is 12.1 Å². The van der Waals surface area contributed by atoms with Crippen molar-refractivity contribution in [3.8, 4) is 0 Å². The highest BCUT2D eigenvalue weighted by Gasteiger charge is 2.28. The molecule has 1 aliphatic heterocycles. The van der Waals surface area contributed by atoms with Crippen LogP contribution in [0.15, 0.2) is 29.3 Å². The predicted octanol–water partition coefficient (Wildman–Crippen LogP) is 0.845. The first kappa shape index (κ1) is 23.6. The van der Waals surface area contributed by atoms with Crippen LogP contribution in [0.25, 0.3) is 0 Å². The van der Waals surface area contributed by atoms with Gasteiger partial charge in [0.15, 0.2) is 15.8 Å². The lowest BCUT2D eigenvalue weighted by atomic mass is 10.1. The van der Waals surface area contributed by atoms with Crippen LogP contribution in [0, 0.1) is 5.82 Å². The Morgan fingerprint density at radius 1 is 1.33 bits per heavy atom. The standard InChI is InChI=1S/C17H25FN4O3S.HI/c1-2-19-17(22-15-6-9-26(24,25)12-15)21-8-7-20-16(23)11-13-4-3-5-14(18)10-13;/h3-5,10,15H,2,6-9,11-12H2,1H3,(H,20,23)(H2,19,21,22);1H. The number of carbonyl (C=O) groups is 1. The second-order valence-electron chi connectivity index (χ2n) is 6.16. The van der Waals surface area contributed by atoms with Crippen LogP contribution < -0.4 is 16.0 Å². The Labute approximate surface area is 176 Å². The lowest BCUT2D eigenvalue weighted by Gasteiger charge is -2.15. The molecule has 0 saturated carbocycles. The molecule has 1 fully saturated rings. The number of halogens is 2. The number of benzene rings is 1. The molecule has 0 spiro atoms. The van der Waals surface area contributed by atoms with E-state index in [1.54, 1.807) is 12.1 Å². The van der Waals surface area contributed by atoms with Gasteiger partial charge in [-0.2, -0.15) is 0 Å². The fourth-order valence-electron chi connectivity index (χ4n) is 2.68. The third-order valence-corrected chi connectivity index (χ3v) is 5.64. The van der Waals surface area contributed by atoms with Crippen molar-refractivity contribution in [1.29, 1.82) is 0 Å². The van der Waals surface area contributed by atoms with E-state index >= 15 is 0 Å². The minimum Gasteiger partial charge on any atom is -0.357 e. The van der Waals surface area contributed by atoms with Crippen LogP contribution in [0.4, 0.5) is 4.39 Å². The fraction of sp³-hybridized carbons (Fsp3) is 0.529. The Morgan fingerprint density at radius 2 is 2.11 bits per heavy atom. The van der Waals surface area contributed by atoms with Crippen LogP contribution in [0.3, 0.4) is 0 Å². The molecule has 1 atom stereocenters. The molecule has 1 unspecified atom stereocenters. The summed E-state index contributed by atoms with van der Waals surface area (Å²) in [4.78, 5) is 16.2. The molecule has 0 aromatic heterocycles. The van der Waals surface area contributed by atoms with Crippen molar-refractivity contribution in [3.63, 3.8) is 0 Å². The van der Waals surface area contributed by atoms with Crippen LogP contribution in [-0.4, -0.2) is 57.5 Å². The van der Waals surface area contributed by atoms with Gasteiger partial charge in [0, 0.05) is 19.1 Å². The van der Waals surface area contributed by atoms with E-state index in [1.807, 2.05) is 6.92 Å². The Balaban J connectivity index is 0.00000364. The van der Waals surface area contributed by atoms with Gasteiger partial charge >= 0.3 is 0 Å². The van der Waals surface area contributed by atoms with Crippen molar-refractivity contribution in [2.75, 3.05) is 31.1 Å². The highest BCUT2D eigenvalue weighted by Crippen LogP contribution is 2.10. The zero-order valence-electron chi connectivity index (χ0n) is 15.2. The van der Waals surface area contributed by atoms with Crippen molar-refractivity contribution >= 4 is 45.7 Å². The maximum Gasteiger partial charge on any atom is 0.224 e. The minimum atomic E-state index is -2.95. The predicted molar refractivity (Wildman–Crippen MR) is 115 cm³/mol. The summed E-state index contributed by atoms with van der Waals surface area (Å²) < 4.78 is 36.1. The van der Waals surface area contributed by atoms with Crippen molar-refractivity contribution in [1.82, 2.24) is 16.0 Å². The van der Waals surface area contributed by atoms with E-state index in [-0.39, 0.29) is 59.7 Å². The van der Waals surface area contributed by atoms with Crippen molar-refractivity contribution in [3.05, 3.63) is 35.6 Å². The highest BCUT2D eigenvalue weighted by molar-refractivity contribution is 14.0. The SMILES string of the molecule is CCNC(=NCCNC(=O)Cc1cccc(F)c1)NC1CCS(=O)(=O)C1.I. The highest BCUT2D eigenvalue weighted by atomic mass is 127. The first-order chi connectivity index (χ1) is 12.4. The van der Waals surface area contributed by atoms with E-state index in [0.717, 1.165) is 0 Å². The summed E-state index contributed by atoms with van der Waals surface area (Å²) in [6.07, 6.45) is 0.677. The average molecular weight is 512 g/mol. The minimum absolute atomic E-state index is 0. The maximum atomic E-state index is 13.1. The summed E-state index contributed by atoms with van der Waals surface area (Å²) in [5.74, 6) is 0.275. The molecule has 1 saturated heterocycles. The van der Waals surface area contributed by atoms with Gasteiger partial charge in [0.2, 0.25) is 5.91 Å². The van der Waals surface area contributed by atoms with Crippen LogP contribution in [-0.2, 0) is 21.1 Å². The van der Waals surface area contributed by atoms with Gasteiger partial charge in [0.1, 0.15) is 5.82 Å². The van der Waals surface area contributed by atoms with Crippen molar-refractivity contribution in [2.24, 2.45) is 4.99 Å². The van der Waals surface area contributed by atoms with Crippen LogP contribution in [0.5, 0.6) is 0 Å². The summed E-state index contributed by atoms with van der Waals surface area (Å²) in [6, 6.07) is 5.80. The van der Waals surface area contributed by atoms with Crippen molar-refractivity contribution in [2.45, 2.75) is 25.8 Å². The molecular weight excluding hydrogens is 486 g/mol. The molecule has 1 amide bonds. The lowest BCUT2D eigenvalue weighted by Crippen LogP contribution is -2.44.